The Hall–Kier alpha value is -2.85. The van der Waals surface area contributed by atoms with Crippen molar-refractivity contribution in [3.05, 3.63) is 53.7 Å². The fraction of sp³-hybridized carbons (Fsp3) is 0.278. The first-order valence-corrected chi connectivity index (χ1v) is 8.08. The predicted molar refractivity (Wildman–Crippen MR) is 86.7 cm³/mol. The van der Waals surface area contributed by atoms with Gasteiger partial charge in [-0.1, -0.05) is 0 Å². The van der Waals surface area contributed by atoms with Gasteiger partial charge in [-0.3, -0.25) is 4.79 Å². The smallest absolute Gasteiger partial charge is 0.327 e. The van der Waals surface area contributed by atoms with E-state index in [-0.39, 0.29) is 17.3 Å². The van der Waals surface area contributed by atoms with Crippen LogP contribution in [0, 0.1) is 0 Å². The molecule has 2 heterocycles. The molecule has 0 atom stereocenters. The largest absolute Gasteiger partial charge is 0.416 e. The van der Waals surface area contributed by atoms with Crippen LogP contribution in [0.25, 0.3) is 17.5 Å². The molecule has 0 unspecified atom stereocenters. The van der Waals surface area contributed by atoms with Crippen LogP contribution in [0.2, 0.25) is 0 Å². The van der Waals surface area contributed by atoms with Crippen LogP contribution >= 0.6 is 0 Å². The number of aromatic nitrogens is 1. The van der Waals surface area contributed by atoms with E-state index in [0.717, 1.165) is 21.7 Å². The van der Waals surface area contributed by atoms with E-state index < -0.39 is 48.4 Å². The summed E-state index contributed by atoms with van der Waals surface area (Å²) < 4.78 is 105. The molecule has 29 heavy (non-hydrogen) atoms. The van der Waals surface area contributed by atoms with E-state index in [9.17, 15) is 39.9 Å². The van der Waals surface area contributed by atoms with Gasteiger partial charge < -0.3 is 9.47 Å². The molecule has 11 heteroatoms. The van der Waals surface area contributed by atoms with Gasteiger partial charge in [0.25, 0.3) is 5.92 Å². The molecule has 3 nitrogen and oxygen atoms in total. The zero-order chi connectivity index (χ0) is 21.6. The number of likely N-dealkylation sites (tertiary alicyclic amines) is 1. The molecule has 1 fully saturated rings. The molecule has 1 aliphatic rings. The zero-order valence-corrected chi connectivity index (χ0v) is 14.4. The number of benzene rings is 1. The Morgan fingerprint density at radius 1 is 0.966 bits per heavy atom. The molecule has 1 amide bonds. The zero-order valence-electron chi connectivity index (χ0n) is 14.4. The fourth-order valence-electron chi connectivity index (χ4n) is 2.79. The first kappa shape index (κ1) is 20.9. The van der Waals surface area contributed by atoms with Crippen molar-refractivity contribution < 1.29 is 39.9 Å². The Kier molecular flexibility index (Phi) is 4.96. The number of halogens is 8. The third kappa shape index (κ3) is 4.60. The average Bonchev–Trinajstić information content (AvgIpc) is 3.04. The Morgan fingerprint density at radius 2 is 1.52 bits per heavy atom. The van der Waals surface area contributed by atoms with Gasteiger partial charge in [0.05, 0.1) is 29.9 Å². The van der Waals surface area contributed by atoms with Crippen LogP contribution in [-0.2, 0) is 17.1 Å². The fourth-order valence-corrected chi connectivity index (χ4v) is 2.79. The molecule has 156 valence electrons. The number of amides is 1. The Balaban J connectivity index is 1.93. The molecule has 0 radical (unpaired) electrons. The Labute approximate surface area is 158 Å². The van der Waals surface area contributed by atoms with Gasteiger partial charge in [0.15, 0.2) is 0 Å². The second-order valence-corrected chi connectivity index (χ2v) is 6.46. The van der Waals surface area contributed by atoms with E-state index in [1.165, 1.54) is 18.3 Å². The lowest BCUT2D eigenvalue weighted by Crippen LogP contribution is -2.58. The van der Waals surface area contributed by atoms with Crippen molar-refractivity contribution in [2.75, 3.05) is 13.1 Å². The lowest BCUT2D eigenvalue weighted by atomic mass is 10.0. The number of nitrogens with zero attached hydrogens (tertiary/aromatic N) is 2. The molecular formula is C18H12F8N2O. The van der Waals surface area contributed by atoms with Gasteiger partial charge in [0, 0.05) is 18.5 Å². The van der Waals surface area contributed by atoms with Crippen molar-refractivity contribution in [2.45, 2.75) is 18.3 Å². The molecule has 0 N–H and O–H groups in total. The number of carbonyl (C=O) groups excluding carboxylic acids is 1. The van der Waals surface area contributed by atoms with Gasteiger partial charge in [-0.15, -0.1) is 0 Å². The number of rotatable bonds is 3. The highest BCUT2D eigenvalue weighted by Gasteiger charge is 2.45. The second-order valence-electron chi connectivity index (χ2n) is 6.46. The van der Waals surface area contributed by atoms with Crippen LogP contribution in [0.5, 0.6) is 0 Å². The number of hydrogen-bond donors (Lipinski definition) is 0. The van der Waals surface area contributed by atoms with Gasteiger partial charge in [-0.25, -0.2) is 8.78 Å². The molecule has 0 aliphatic carbocycles. The minimum absolute atomic E-state index is 0.0141. The van der Waals surface area contributed by atoms with E-state index >= 15 is 0 Å². The molecule has 1 saturated heterocycles. The van der Waals surface area contributed by atoms with Crippen LogP contribution in [0.15, 0.2) is 42.6 Å². The minimum atomic E-state index is -5.00. The highest BCUT2D eigenvalue weighted by atomic mass is 19.4. The molecule has 1 aliphatic heterocycles. The van der Waals surface area contributed by atoms with Crippen molar-refractivity contribution in [2.24, 2.45) is 0 Å². The van der Waals surface area contributed by atoms with Gasteiger partial charge in [-0.2, -0.15) is 26.3 Å². The standard InChI is InChI=1S/C18H12F8N2O/c19-16(20)9-28(10-16)15(29)3-5-27-4-1-2-14(27)11-6-12(17(21,22)23)8-13(7-11)18(24,25)26/h1-8H,9-10H2. The summed E-state index contributed by atoms with van der Waals surface area (Å²) in [5, 5.41) is 0. The molecule has 0 spiro atoms. The summed E-state index contributed by atoms with van der Waals surface area (Å²) in [4.78, 5) is 12.7. The van der Waals surface area contributed by atoms with Crippen LogP contribution in [-0.4, -0.2) is 34.4 Å². The van der Waals surface area contributed by atoms with Crippen LogP contribution in [0.3, 0.4) is 0 Å². The molecule has 0 saturated carbocycles. The third-order valence-electron chi connectivity index (χ3n) is 4.20. The van der Waals surface area contributed by atoms with E-state index in [0.29, 0.717) is 12.1 Å². The summed E-state index contributed by atoms with van der Waals surface area (Å²) in [6.07, 6.45) is -6.69. The summed E-state index contributed by atoms with van der Waals surface area (Å²) in [6.45, 7) is -1.51. The van der Waals surface area contributed by atoms with Crippen LogP contribution in [0.4, 0.5) is 35.1 Å². The molecule has 3 rings (SSSR count). The normalized spacial score (nSPS) is 16.9. The quantitative estimate of drug-likeness (QED) is 0.495. The lowest BCUT2D eigenvalue weighted by Gasteiger charge is -2.37. The third-order valence-corrected chi connectivity index (χ3v) is 4.20. The summed E-state index contributed by atoms with van der Waals surface area (Å²) in [7, 11) is 0. The molecule has 1 aromatic carbocycles. The second kappa shape index (κ2) is 6.89. The van der Waals surface area contributed by atoms with Gasteiger partial charge in [-0.05, 0) is 35.9 Å². The highest BCUT2D eigenvalue weighted by Crippen LogP contribution is 2.38. The minimum Gasteiger partial charge on any atom is -0.327 e. The average molecular weight is 424 g/mol. The summed E-state index contributed by atoms with van der Waals surface area (Å²) >= 11 is 0. The van der Waals surface area contributed by atoms with Gasteiger partial charge in [0.2, 0.25) is 5.91 Å². The number of hydrogen-bond acceptors (Lipinski definition) is 1. The van der Waals surface area contributed by atoms with Gasteiger partial charge >= 0.3 is 12.4 Å². The van der Waals surface area contributed by atoms with E-state index in [1.807, 2.05) is 0 Å². The van der Waals surface area contributed by atoms with Crippen molar-refractivity contribution >= 4 is 12.1 Å². The Morgan fingerprint density at radius 3 is 2.00 bits per heavy atom. The SMILES string of the molecule is O=C(C=Cn1cccc1-c1cc(C(F)(F)F)cc(C(F)(F)F)c1)N1CC(F)(F)C1. The molecular weight excluding hydrogens is 412 g/mol. The van der Waals surface area contributed by atoms with Gasteiger partial charge in [0.1, 0.15) is 0 Å². The van der Waals surface area contributed by atoms with E-state index in [4.69, 9.17) is 0 Å². The predicted octanol–water partition coefficient (Wildman–Crippen LogP) is 5.14. The monoisotopic (exact) mass is 424 g/mol. The molecule has 1 aromatic heterocycles. The first-order chi connectivity index (χ1) is 13.3. The lowest BCUT2D eigenvalue weighted by molar-refractivity contribution is -0.160. The summed E-state index contributed by atoms with van der Waals surface area (Å²) in [5.74, 6) is -3.72. The van der Waals surface area contributed by atoms with Crippen molar-refractivity contribution in [3.8, 4) is 11.3 Å². The van der Waals surface area contributed by atoms with Crippen LogP contribution in [0.1, 0.15) is 11.1 Å². The van der Waals surface area contributed by atoms with Crippen molar-refractivity contribution in [1.82, 2.24) is 9.47 Å². The van der Waals surface area contributed by atoms with Crippen LogP contribution < -0.4 is 0 Å². The topological polar surface area (TPSA) is 25.2 Å². The molecule has 2 aromatic rings. The highest BCUT2D eigenvalue weighted by molar-refractivity contribution is 5.91. The summed E-state index contributed by atoms with van der Waals surface area (Å²) in [6, 6.07) is 3.76. The van der Waals surface area contributed by atoms with E-state index in [1.54, 1.807) is 0 Å². The number of alkyl halides is 8. The van der Waals surface area contributed by atoms with Crippen molar-refractivity contribution in [1.29, 1.82) is 0 Å². The maximum Gasteiger partial charge on any atom is 0.416 e. The number of carbonyl (C=O) groups is 1. The first-order valence-electron chi connectivity index (χ1n) is 8.08. The van der Waals surface area contributed by atoms with E-state index in [2.05, 4.69) is 0 Å². The van der Waals surface area contributed by atoms with Crippen molar-refractivity contribution in [3.63, 3.8) is 0 Å². The maximum atomic E-state index is 13.0. The molecule has 0 bridgehead atoms. The summed E-state index contributed by atoms with van der Waals surface area (Å²) in [5.41, 5.74) is -3.36. The Bertz CT molecular complexity index is 915. The maximum absolute atomic E-state index is 13.0.